The van der Waals surface area contributed by atoms with Gasteiger partial charge in [0, 0.05) is 30.0 Å². The van der Waals surface area contributed by atoms with E-state index in [1.807, 2.05) is 24.3 Å². The summed E-state index contributed by atoms with van der Waals surface area (Å²) in [5, 5.41) is 5.96. The van der Waals surface area contributed by atoms with Gasteiger partial charge in [0.25, 0.3) is 5.91 Å². The second-order valence-corrected chi connectivity index (χ2v) is 8.17. The molecular formula is C26H35N3O4. The van der Waals surface area contributed by atoms with Crippen molar-refractivity contribution in [1.82, 2.24) is 4.90 Å². The van der Waals surface area contributed by atoms with Crippen molar-refractivity contribution in [2.45, 2.75) is 39.0 Å². The Labute approximate surface area is 196 Å². The molecule has 0 radical (unpaired) electrons. The number of nitrogens with zero attached hydrogens (tertiary/aromatic N) is 1. The second-order valence-electron chi connectivity index (χ2n) is 8.17. The molecule has 33 heavy (non-hydrogen) atoms. The number of morpholine rings is 1. The van der Waals surface area contributed by atoms with Crippen molar-refractivity contribution in [3.05, 3.63) is 54.1 Å². The third kappa shape index (κ3) is 8.42. The minimum absolute atomic E-state index is 0.0123. The molecule has 1 aliphatic heterocycles. The fraction of sp³-hybridized carbons (Fsp3) is 0.462. The number of hydrogen-bond donors (Lipinski definition) is 2. The van der Waals surface area contributed by atoms with E-state index in [2.05, 4.69) is 17.6 Å². The van der Waals surface area contributed by atoms with Crippen LogP contribution < -0.4 is 15.4 Å². The van der Waals surface area contributed by atoms with Crippen molar-refractivity contribution in [2.75, 3.05) is 50.1 Å². The first-order valence-corrected chi connectivity index (χ1v) is 11.9. The molecule has 1 heterocycles. The van der Waals surface area contributed by atoms with Crippen molar-refractivity contribution in [3.8, 4) is 5.75 Å². The standard InChI is InChI=1S/C26H35N3O4/c1-2-3-4-5-6-17-33-24-13-11-22(12-14-24)27-20-25(30)28-23-9-7-21(8-10-23)26(31)29-15-18-32-19-16-29/h7-14,27H,2-6,15-20H2,1H3,(H,28,30). The Morgan fingerprint density at radius 2 is 1.58 bits per heavy atom. The van der Waals surface area contributed by atoms with Crippen LogP contribution in [0.5, 0.6) is 5.75 Å². The van der Waals surface area contributed by atoms with Crippen LogP contribution >= 0.6 is 0 Å². The second kappa shape index (κ2) is 13.5. The number of ether oxygens (including phenoxy) is 2. The van der Waals surface area contributed by atoms with E-state index in [-0.39, 0.29) is 18.4 Å². The molecule has 2 N–H and O–H groups in total. The molecule has 1 saturated heterocycles. The first-order valence-electron chi connectivity index (χ1n) is 11.9. The maximum atomic E-state index is 12.5. The number of amides is 2. The predicted molar refractivity (Wildman–Crippen MR) is 131 cm³/mol. The van der Waals surface area contributed by atoms with E-state index in [0.717, 1.165) is 24.5 Å². The van der Waals surface area contributed by atoms with Crippen molar-refractivity contribution >= 4 is 23.2 Å². The number of carbonyl (C=O) groups excluding carboxylic acids is 2. The molecule has 7 heteroatoms. The highest BCUT2D eigenvalue weighted by Gasteiger charge is 2.18. The van der Waals surface area contributed by atoms with Gasteiger partial charge in [-0.05, 0) is 55.0 Å². The van der Waals surface area contributed by atoms with Gasteiger partial charge < -0.3 is 25.0 Å². The van der Waals surface area contributed by atoms with Crippen LogP contribution in [0, 0.1) is 0 Å². The van der Waals surface area contributed by atoms with Gasteiger partial charge in [-0.3, -0.25) is 9.59 Å². The van der Waals surface area contributed by atoms with Gasteiger partial charge in [-0.15, -0.1) is 0 Å². The van der Waals surface area contributed by atoms with Crippen LogP contribution in [-0.2, 0) is 9.53 Å². The molecule has 1 aliphatic rings. The zero-order chi connectivity index (χ0) is 23.3. The molecule has 0 spiro atoms. The fourth-order valence-electron chi connectivity index (χ4n) is 3.60. The largest absolute Gasteiger partial charge is 0.494 e. The molecule has 0 aliphatic carbocycles. The molecule has 2 aromatic rings. The Balaban J connectivity index is 1.37. The van der Waals surface area contributed by atoms with Crippen molar-refractivity contribution in [1.29, 1.82) is 0 Å². The lowest BCUT2D eigenvalue weighted by molar-refractivity contribution is -0.114. The summed E-state index contributed by atoms with van der Waals surface area (Å²) in [5.41, 5.74) is 2.12. The van der Waals surface area contributed by atoms with Crippen molar-refractivity contribution < 1.29 is 19.1 Å². The monoisotopic (exact) mass is 453 g/mol. The summed E-state index contributed by atoms with van der Waals surface area (Å²) < 4.78 is 11.1. The molecular weight excluding hydrogens is 418 g/mol. The van der Waals surface area contributed by atoms with Gasteiger partial charge in [-0.25, -0.2) is 0 Å². The molecule has 0 atom stereocenters. The van der Waals surface area contributed by atoms with Crippen LogP contribution in [0.4, 0.5) is 11.4 Å². The lowest BCUT2D eigenvalue weighted by Gasteiger charge is -2.26. The van der Waals surface area contributed by atoms with E-state index >= 15 is 0 Å². The van der Waals surface area contributed by atoms with Crippen LogP contribution in [0.1, 0.15) is 49.4 Å². The zero-order valence-corrected chi connectivity index (χ0v) is 19.5. The highest BCUT2D eigenvalue weighted by Crippen LogP contribution is 2.17. The van der Waals surface area contributed by atoms with E-state index in [9.17, 15) is 9.59 Å². The minimum atomic E-state index is -0.158. The minimum Gasteiger partial charge on any atom is -0.494 e. The van der Waals surface area contributed by atoms with Gasteiger partial charge in [0.2, 0.25) is 5.91 Å². The Hall–Kier alpha value is -3.06. The number of carbonyl (C=O) groups is 2. The SMILES string of the molecule is CCCCCCCOc1ccc(NCC(=O)Nc2ccc(C(=O)N3CCOCC3)cc2)cc1. The Bertz CT molecular complexity index is 862. The first kappa shape index (κ1) is 24.6. The number of rotatable bonds is 12. The lowest BCUT2D eigenvalue weighted by Crippen LogP contribution is -2.40. The third-order valence-corrected chi connectivity index (χ3v) is 5.54. The summed E-state index contributed by atoms with van der Waals surface area (Å²) in [6.45, 7) is 5.44. The third-order valence-electron chi connectivity index (χ3n) is 5.54. The van der Waals surface area contributed by atoms with Gasteiger partial charge in [-0.2, -0.15) is 0 Å². The molecule has 178 valence electrons. The van der Waals surface area contributed by atoms with Gasteiger partial charge in [-0.1, -0.05) is 32.6 Å². The van der Waals surface area contributed by atoms with E-state index in [0.29, 0.717) is 37.6 Å². The Morgan fingerprint density at radius 1 is 0.909 bits per heavy atom. The highest BCUT2D eigenvalue weighted by molar-refractivity contribution is 5.96. The van der Waals surface area contributed by atoms with Crippen LogP contribution in [0.15, 0.2) is 48.5 Å². The summed E-state index contributed by atoms with van der Waals surface area (Å²) in [7, 11) is 0. The predicted octanol–water partition coefficient (Wildman–Crippen LogP) is 4.56. The summed E-state index contributed by atoms with van der Waals surface area (Å²) in [5.74, 6) is 0.670. The van der Waals surface area contributed by atoms with E-state index < -0.39 is 0 Å². The first-order chi connectivity index (χ1) is 16.2. The maximum Gasteiger partial charge on any atom is 0.254 e. The van der Waals surface area contributed by atoms with Gasteiger partial charge in [0.15, 0.2) is 0 Å². The van der Waals surface area contributed by atoms with Gasteiger partial charge >= 0.3 is 0 Å². The van der Waals surface area contributed by atoms with E-state index in [1.54, 1.807) is 29.2 Å². The molecule has 0 saturated carbocycles. The summed E-state index contributed by atoms with van der Waals surface area (Å²) in [6.07, 6.45) is 6.07. The highest BCUT2D eigenvalue weighted by atomic mass is 16.5. The van der Waals surface area contributed by atoms with E-state index in [1.165, 1.54) is 25.7 Å². The fourth-order valence-corrected chi connectivity index (χ4v) is 3.60. The smallest absolute Gasteiger partial charge is 0.254 e. The molecule has 0 aromatic heterocycles. The Kier molecular flexibility index (Phi) is 10.0. The molecule has 2 aromatic carbocycles. The molecule has 7 nitrogen and oxygen atoms in total. The van der Waals surface area contributed by atoms with Gasteiger partial charge in [0.05, 0.1) is 26.4 Å². The van der Waals surface area contributed by atoms with Crippen LogP contribution in [0.25, 0.3) is 0 Å². The summed E-state index contributed by atoms with van der Waals surface area (Å²) >= 11 is 0. The average Bonchev–Trinajstić information content (AvgIpc) is 2.86. The summed E-state index contributed by atoms with van der Waals surface area (Å²) in [4.78, 5) is 26.6. The van der Waals surface area contributed by atoms with Crippen LogP contribution in [-0.4, -0.2) is 56.2 Å². The lowest BCUT2D eigenvalue weighted by atomic mass is 10.1. The molecule has 1 fully saturated rings. The number of hydrogen-bond acceptors (Lipinski definition) is 5. The average molecular weight is 454 g/mol. The number of nitrogens with one attached hydrogen (secondary N) is 2. The molecule has 0 bridgehead atoms. The number of benzene rings is 2. The Morgan fingerprint density at radius 3 is 2.27 bits per heavy atom. The van der Waals surface area contributed by atoms with Crippen LogP contribution in [0.3, 0.4) is 0 Å². The van der Waals surface area contributed by atoms with Crippen molar-refractivity contribution in [2.24, 2.45) is 0 Å². The maximum absolute atomic E-state index is 12.5. The molecule has 3 rings (SSSR count). The molecule has 2 amide bonds. The van der Waals surface area contributed by atoms with Crippen LogP contribution in [0.2, 0.25) is 0 Å². The number of unbranched alkanes of at least 4 members (excludes halogenated alkanes) is 4. The topological polar surface area (TPSA) is 79.9 Å². The normalized spacial score (nSPS) is 13.4. The summed E-state index contributed by atoms with van der Waals surface area (Å²) in [6, 6.07) is 14.6. The number of anilines is 2. The van der Waals surface area contributed by atoms with Gasteiger partial charge in [0.1, 0.15) is 5.75 Å². The van der Waals surface area contributed by atoms with Crippen molar-refractivity contribution in [3.63, 3.8) is 0 Å². The zero-order valence-electron chi connectivity index (χ0n) is 19.5. The van der Waals surface area contributed by atoms with E-state index in [4.69, 9.17) is 9.47 Å². The quantitative estimate of drug-likeness (QED) is 0.461. The molecule has 0 unspecified atom stereocenters.